The van der Waals surface area contributed by atoms with Crippen molar-refractivity contribution in [3.63, 3.8) is 0 Å². The third kappa shape index (κ3) is 3.81. The van der Waals surface area contributed by atoms with Crippen LogP contribution in [-0.2, 0) is 0 Å². The summed E-state index contributed by atoms with van der Waals surface area (Å²) in [6, 6.07) is 5.78. The maximum absolute atomic E-state index is 12.0. The standard InChI is InChI=1S/C14H20N2OS/c1-9-5-10(2)7-11(6-9)12(17)16-8-14(3,4)13(15)18/h5-7H,8H2,1-4H3,(H2,15,18)(H,16,17). The fourth-order valence-electron chi connectivity index (χ4n) is 1.60. The molecule has 3 N–H and O–H groups in total. The Morgan fingerprint density at radius 3 is 2.22 bits per heavy atom. The number of amides is 1. The van der Waals surface area contributed by atoms with Gasteiger partial charge in [0.25, 0.3) is 5.91 Å². The van der Waals surface area contributed by atoms with Crippen molar-refractivity contribution in [1.82, 2.24) is 5.32 Å². The molecule has 0 aliphatic heterocycles. The van der Waals surface area contributed by atoms with Crippen LogP contribution in [0.2, 0.25) is 0 Å². The lowest BCUT2D eigenvalue weighted by molar-refractivity contribution is 0.0945. The van der Waals surface area contributed by atoms with E-state index >= 15 is 0 Å². The largest absolute Gasteiger partial charge is 0.393 e. The molecule has 0 saturated carbocycles. The number of thiocarbonyl (C=S) groups is 1. The summed E-state index contributed by atoms with van der Waals surface area (Å²) in [7, 11) is 0. The molecular weight excluding hydrogens is 244 g/mol. The van der Waals surface area contributed by atoms with Gasteiger partial charge in [0.1, 0.15) is 0 Å². The maximum atomic E-state index is 12.0. The first kappa shape index (κ1) is 14.6. The van der Waals surface area contributed by atoms with Gasteiger partial charge < -0.3 is 11.1 Å². The summed E-state index contributed by atoms with van der Waals surface area (Å²) in [6.07, 6.45) is 0. The molecule has 0 heterocycles. The fourth-order valence-corrected chi connectivity index (χ4v) is 1.67. The minimum absolute atomic E-state index is 0.0916. The molecule has 0 spiro atoms. The second kappa shape index (κ2) is 5.48. The molecule has 98 valence electrons. The Kier molecular flexibility index (Phi) is 4.46. The van der Waals surface area contributed by atoms with Crippen LogP contribution in [0.25, 0.3) is 0 Å². The van der Waals surface area contributed by atoms with Crippen LogP contribution in [0.4, 0.5) is 0 Å². The molecule has 0 bridgehead atoms. The Morgan fingerprint density at radius 2 is 1.78 bits per heavy atom. The molecule has 0 aromatic heterocycles. The van der Waals surface area contributed by atoms with Crippen molar-refractivity contribution in [3.05, 3.63) is 34.9 Å². The predicted molar refractivity (Wildman–Crippen MR) is 78.8 cm³/mol. The smallest absolute Gasteiger partial charge is 0.251 e. The third-order valence-corrected chi connectivity index (χ3v) is 3.39. The Morgan fingerprint density at radius 1 is 1.28 bits per heavy atom. The lowest BCUT2D eigenvalue weighted by atomic mass is 9.93. The van der Waals surface area contributed by atoms with Gasteiger partial charge in [-0.1, -0.05) is 43.3 Å². The first-order valence-corrected chi connectivity index (χ1v) is 6.29. The molecular formula is C14H20N2OS. The second-order valence-corrected chi connectivity index (χ2v) is 5.75. The van der Waals surface area contributed by atoms with Crippen LogP contribution in [0.3, 0.4) is 0 Å². The van der Waals surface area contributed by atoms with Crippen LogP contribution in [0.1, 0.15) is 35.3 Å². The first-order chi connectivity index (χ1) is 8.22. The summed E-state index contributed by atoms with van der Waals surface area (Å²) in [5.41, 5.74) is 8.08. The van der Waals surface area contributed by atoms with Gasteiger partial charge in [0.15, 0.2) is 0 Å². The van der Waals surface area contributed by atoms with Gasteiger partial charge in [-0.05, 0) is 26.0 Å². The van der Waals surface area contributed by atoms with Crippen molar-refractivity contribution in [2.45, 2.75) is 27.7 Å². The van der Waals surface area contributed by atoms with Crippen molar-refractivity contribution >= 4 is 23.1 Å². The summed E-state index contributed by atoms with van der Waals surface area (Å²) in [5, 5.41) is 2.87. The summed E-state index contributed by atoms with van der Waals surface area (Å²) in [5.74, 6) is -0.0916. The summed E-state index contributed by atoms with van der Waals surface area (Å²) >= 11 is 4.97. The highest BCUT2D eigenvalue weighted by molar-refractivity contribution is 7.80. The van der Waals surface area contributed by atoms with Crippen LogP contribution in [0, 0.1) is 19.3 Å². The van der Waals surface area contributed by atoms with E-state index < -0.39 is 0 Å². The van der Waals surface area contributed by atoms with Crippen LogP contribution in [0.15, 0.2) is 18.2 Å². The van der Waals surface area contributed by atoms with Gasteiger partial charge in [-0.15, -0.1) is 0 Å². The van der Waals surface area contributed by atoms with E-state index in [1.807, 2.05) is 45.9 Å². The lowest BCUT2D eigenvalue weighted by Gasteiger charge is -2.23. The molecule has 3 nitrogen and oxygen atoms in total. The van der Waals surface area contributed by atoms with E-state index in [4.69, 9.17) is 18.0 Å². The fraction of sp³-hybridized carbons (Fsp3) is 0.429. The van der Waals surface area contributed by atoms with Crippen LogP contribution < -0.4 is 11.1 Å². The molecule has 1 aromatic rings. The van der Waals surface area contributed by atoms with Gasteiger partial charge in [0.05, 0.1) is 4.99 Å². The first-order valence-electron chi connectivity index (χ1n) is 5.89. The lowest BCUT2D eigenvalue weighted by Crippen LogP contribution is -2.41. The quantitative estimate of drug-likeness (QED) is 0.821. The third-order valence-electron chi connectivity index (χ3n) is 2.84. The normalized spacial score (nSPS) is 11.1. The number of carbonyl (C=O) groups excluding carboxylic acids is 1. The minimum atomic E-state index is -0.371. The van der Waals surface area contributed by atoms with Crippen molar-refractivity contribution in [2.24, 2.45) is 11.1 Å². The van der Waals surface area contributed by atoms with Crippen LogP contribution in [-0.4, -0.2) is 17.4 Å². The summed E-state index contributed by atoms with van der Waals surface area (Å²) in [6.45, 7) is 8.22. The molecule has 0 fully saturated rings. The number of benzene rings is 1. The number of hydrogen-bond acceptors (Lipinski definition) is 2. The highest BCUT2D eigenvalue weighted by Crippen LogP contribution is 2.14. The van der Waals surface area contributed by atoms with Crippen LogP contribution >= 0.6 is 12.2 Å². The molecule has 18 heavy (non-hydrogen) atoms. The number of aryl methyl sites for hydroxylation is 2. The zero-order chi connectivity index (χ0) is 13.9. The molecule has 0 unspecified atom stereocenters. The average molecular weight is 264 g/mol. The number of nitrogens with one attached hydrogen (secondary N) is 1. The SMILES string of the molecule is Cc1cc(C)cc(C(=O)NCC(C)(C)C(N)=S)c1. The molecule has 4 heteroatoms. The maximum Gasteiger partial charge on any atom is 0.251 e. The number of hydrogen-bond donors (Lipinski definition) is 2. The van der Waals surface area contributed by atoms with Crippen molar-refractivity contribution < 1.29 is 4.79 Å². The van der Waals surface area contributed by atoms with Gasteiger partial charge in [0, 0.05) is 17.5 Å². The van der Waals surface area contributed by atoms with Crippen molar-refractivity contribution in [1.29, 1.82) is 0 Å². The number of rotatable bonds is 4. The number of carbonyl (C=O) groups is 1. The number of nitrogens with two attached hydrogens (primary N) is 1. The highest BCUT2D eigenvalue weighted by Gasteiger charge is 2.22. The van der Waals surface area contributed by atoms with E-state index in [9.17, 15) is 4.79 Å². The zero-order valence-corrected chi connectivity index (χ0v) is 12.1. The molecule has 0 atom stereocenters. The molecule has 1 aromatic carbocycles. The Balaban J connectivity index is 2.75. The van der Waals surface area contributed by atoms with Crippen molar-refractivity contribution in [3.8, 4) is 0 Å². The highest BCUT2D eigenvalue weighted by atomic mass is 32.1. The topological polar surface area (TPSA) is 55.1 Å². The van der Waals surface area contributed by atoms with Gasteiger partial charge in [-0.3, -0.25) is 4.79 Å². The molecule has 0 radical (unpaired) electrons. The Hall–Kier alpha value is -1.42. The average Bonchev–Trinajstić information content (AvgIpc) is 2.24. The molecule has 0 aliphatic rings. The van der Waals surface area contributed by atoms with Crippen molar-refractivity contribution in [2.75, 3.05) is 6.54 Å². The predicted octanol–water partition coefficient (Wildman–Crippen LogP) is 2.35. The van der Waals surface area contributed by atoms with Gasteiger partial charge in [-0.2, -0.15) is 0 Å². The van der Waals surface area contributed by atoms with E-state index in [-0.39, 0.29) is 11.3 Å². The van der Waals surface area contributed by atoms with E-state index in [1.165, 1.54) is 0 Å². The summed E-state index contributed by atoms with van der Waals surface area (Å²) < 4.78 is 0. The zero-order valence-electron chi connectivity index (χ0n) is 11.3. The van der Waals surface area contributed by atoms with E-state index in [0.29, 0.717) is 17.1 Å². The Bertz CT molecular complexity index is 460. The van der Waals surface area contributed by atoms with Gasteiger partial charge >= 0.3 is 0 Å². The molecule has 0 aliphatic carbocycles. The second-order valence-electron chi connectivity index (χ2n) is 5.31. The van der Waals surface area contributed by atoms with Gasteiger partial charge in [-0.25, -0.2) is 0 Å². The molecule has 0 saturated heterocycles. The van der Waals surface area contributed by atoms with E-state index in [1.54, 1.807) is 0 Å². The van der Waals surface area contributed by atoms with E-state index in [0.717, 1.165) is 11.1 Å². The molecule has 1 rings (SSSR count). The Labute approximate surface area is 114 Å². The molecule has 1 amide bonds. The van der Waals surface area contributed by atoms with Crippen LogP contribution in [0.5, 0.6) is 0 Å². The monoisotopic (exact) mass is 264 g/mol. The minimum Gasteiger partial charge on any atom is -0.393 e. The summed E-state index contributed by atoms with van der Waals surface area (Å²) in [4.78, 5) is 12.4. The van der Waals surface area contributed by atoms with Gasteiger partial charge in [0.2, 0.25) is 0 Å². The van der Waals surface area contributed by atoms with E-state index in [2.05, 4.69) is 5.32 Å².